The Morgan fingerprint density at radius 1 is 0.942 bits per heavy atom. The Morgan fingerprint density at radius 3 is 2.02 bits per heavy atom. The summed E-state index contributed by atoms with van der Waals surface area (Å²) in [5.41, 5.74) is 3.14. The molecule has 3 aliphatic carbocycles. The number of alkyl halides is 3. The van der Waals surface area contributed by atoms with Gasteiger partial charge in [0.25, 0.3) is 5.91 Å². The molecule has 0 bridgehead atoms. The van der Waals surface area contributed by atoms with Crippen LogP contribution >= 0.6 is 15.9 Å². The van der Waals surface area contributed by atoms with E-state index in [9.17, 15) is 37.4 Å². The SMILES string of the molecule is CC1(C)CC(=O)c2c(C(F)(F)F)nn(-c3cc(F)c(C(N)=O)c(NC4CCC(O)CC4)c3)c2C1.N#Cc1c(F)cc(Br)cc1NC1CCC(O)CC1. The first-order chi connectivity index (χ1) is 24.4. The van der Waals surface area contributed by atoms with Gasteiger partial charge in [0.05, 0.1) is 46.1 Å². The third-order valence-corrected chi connectivity index (χ3v) is 10.1. The van der Waals surface area contributed by atoms with Gasteiger partial charge in [0.2, 0.25) is 0 Å². The molecule has 3 aromatic rings. The minimum Gasteiger partial charge on any atom is -0.393 e. The fourth-order valence-corrected chi connectivity index (χ4v) is 7.55. The molecule has 10 nitrogen and oxygen atoms in total. The molecule has 0 aliphatic heterocycles. The Kier molecular flexibility index (Phi) is 11.7. The number of ketones is 1. The van der Waals surface area contributed by atoms with Crippen LogP contribution in [0.15, 0.2) is 28.7 Å². The van der Waals surface area contributed by atoms with E-state index in [-0.39, 0.29) is 53.7 Å². The molecule has 2 saturated carbocycles. The van der Waals surface area contributed by atoms with E-state index in [0.29, 0.717) is 35.8 Å². The number of nitrogens with one attached hydrogen (secondary N) is 2. The third kappa shape index (κ3) is 8.92. The molecule has 2 fully saturated rings. The summed E-state index contributed by atoms with van der Waals surface area (Å²) in [5, 5.41) is 38.1. The number of nitriles is 1. The molecule has 1 amide bonds. The molecule has 0 saturated heterocycles. The summed E-state index contributed by atoms with van der Waals surface area (Å²) in [6, 6.07) is 7.11. The van der Waals surface area contributed by atoms with E-state index in [0.717, 1.165) is 36.4 Å². The molecule has 0 atom stereocenters. The number of aliphatic hydroxyl groups excluding tert-OH is 2. The summed E-state index contributed by atoms with van der Waals surface area (Å²) in [6.07, 6.45) is -0.160. The van der Waals surface area contributed by atoms with E-state index in [1.807, 2.05) is 6.07 Å². The summed E-state index contributed by atoms with van der Waals surface area (Å²) in [7, 11) is 0. The number of nitrogens with two attached hydrogens (primary N) is 1. The third-order valence-electron chi connectivity index (χ3n) is 9.66. The number of Topliss-reactive ketones (excluding diaryl/α,β-unsaturated/α-hetero) is 1. The van der Waals surface area contributed by atoms with Crippen molar-refractivity contribution in [3.05, 3.63) is 68.5 Å². The average molecular weight is 796 g/mol. The first kappa shape index (κ1) is 39.1. The number of rotatable bonds is 6. The van der Waals surface area contributed by atoms with Crippen molar-refractivity contribution in [1.82, 2.24) is 9.78 Å². The second-order valence-electron chi connectivity index (χ2n) is 14.5. The Labute approximate surface area is 305 Å². The van der Waals surface area contributed by atoms with Crippen molar-refractivity contribution in [1.29, 1.82) is 5.26 Å². The number of benzene rings is 2. The maximum atomic E-state index is 15.1. The zero-order valence-corrected chi connectivity index (χ0v) is 30.2. The molecule has 6 N–H and O–H groups in total. The minimum absolute atomic E-state index is 0.0306. The number of amides is 1. The van der Waals surface area contributed by atoms with E-state index >= 15 is 4.39 Å². The first-order valence-electron chi connectivity index (χ1n) is 17.0. The predicted molar refractivity (Wildman–Crippen MR) is 186 cm³/mol. The fraction of sp³-hybridized carbons (Fsp3) is 0.500. The van der Waals surface area contributed by atoms with Gasteiger partial charge in [-0.3, -0.25) is 9.59 Å². The molecule has 2 aromatic carbocycles. The first-order valence-corrected chi connectivity index (χ1v) is 17.8. The van der Waals surface area contributed by atoms with Gasteiger partial charge in [-0.2, -0.15) is 23.5 Å². The highest BCUT2D eigenvalue weighted by Gasteiger charge is 2.45. The molecule has 0 radical (unpaired) electrons. The molecule has 0 unspecified atom stereocenters. The Bertz CT molecular complexity index is 1880. The summed E-state index contributed by atoms with van der Waals surface area (Å²) in [6.45, 7) is 3.53. The molecular weight excluding hydrogens is 755 g/mol. The molecular formula is C36H40BrF5N6O4. The highest BCUT2D eigenvalue weighted by Crippen LogP contribution is 2.42. The van der Waals surface area contributed by atoms with Crippen molar-refractivity contribution in [2.24, 2.45) is 11.1 Å². The van der Waals surface area contributed by atoms with Gasteiger partial charge >= 0.3 is 6.18 Å². The zero-order chi connectivity index (χ0) is 38.1. The van der Waals surface area contributed by atoms with Crippen LogP contribution in [0, 0.1) is 28.4 Å². The van der Waals surface area contributed by atoms with Gasteiger partial charge < -0.3 is 26.6 Å². The van der Waals surface area contributed by atoms with E-state index < -0.39 is 57.8 Å². The molecule has 1 heterocycles. The molecule has 1 aromatic heterocycles. The monoisotopic (exact) mass is 794 g/mol. The number of primary amides is 1. The topological polar surface area (TPSA) is 166 Å². The number of carbonyl (C=O) groups excluding carboxylic acids is 2. The number of carbonyl (C=O) groups is 2. The lowest BCUT2D eigenvalue weighted by Gasteiger charge is -2.29. The molecule has 6 rings (SSSR count). The van der Waals surface area contributed by atoms with E-state index in [2.05, 4.69) is 31.7 Å². The van der Waals surface area contributed by atoms with Crippen molar-refractivity contribution < 1.29 is 41.8 Å². The standard InChI is InChI=1S/C23H26F4N4O3.C13H14BrFN2O/c1-22(2)9-16-19(17(33)10-22)20(23(25,26)27)30-31(16)12-7-14(24)18(21(28)34)15(8-12)29-11-3-5-13(32)6-4-11;14-8-5-12(15)11(7-16)13(6-8)17-9-1-3-10(18)4-2-9/h7-8,11,13,29,32H,3-6,9-10H2,1-2H3,(H2,28,34);5-6,9-10,17-18H,1-4H2. The van der Waals surface area contributed by atoms with E-state index in [1.54, 1.807) is 19.9 Å². The van der Waals surface area contributed by atoms with Gasteiger partial charge in [-0.15, -0.1) is 0 Å². The van der Waals surface area contributed by atoms with Crippen molar-refractivity contribution in [3.63, 3.8) is 0 Å². The summed E-state index contributed by atoms with van der Waals surface area (Å²) in [5.74, 6) is -3.23. The lowest BCUT2D eigenvalue weighted by atomic mass is 9.75. The molecule has 16 heteroatoms. The normalized spacial score (nSPS) is 22.8. The van der Waals surface area contributed by atoms with Crippen molar-refractivity contribution in [2.75, 3.05) is 10.6 Å². The van der Waals surface area contributed by atoms with Crippen LogP contribution in [-0.2, 0) is 12.6 Å². The number of halogens is 6. The van der Waals surface area contributed by atoms with Gasteiger partial charge in [-0.05, 0) is 81.4 Å². The number of anilines is 2. The van der Waals surface area contributed by atoms with Gasteiger partial charge in [0, 0.05) is 29.0 Å². The Balaban J connectivity index is 0.000000244. The highest BCUT2D eigenvalue weighted by atomic mass is 79.9. The number of fused-ring (bicyclic) bond motifs is 1. The maximum Gasteiger partial charge on any atom is 0.435 e. The number of hydrogen-bond acceptors (Lipinski definition) is 8. The second kappa shape index (κ2) is 15.5. The smallest absolute Gasteiger partial charge is 0.393 e. The van der Waals surface area contributed by atoms with Crippen molar-refractivity contribution >= 4 is 39.0 Å². The van der Waals surface area contributed by atoms with Crippen LogP contribution in [0.3, 0.4) is 0 Å². The van der Waals surface area contributed by atoms with Crippen molar-refractivity contribution in [3.8, 4) is 11.8 Å². The largest absolute Gasteiger partial charge is 0.435 e. The summed E-state index contributed by atoms with van der Waals surface area (Å²) < 4.78 is 71.4. The van der Waals surface area contributed by atoms with Gasteiger partial charge in [-0.25, -0.2) is 13.5 Å². The zero-order valence-electron chi connectivity index (χ0n) is 28.6. The predicted octanol–water partition coefficient (Wildman–Crippen LogP) is 7.17. The lowest BCUT2D eigenvalue weighted by Crippen LogP contribution is -2.30. The van der Waals surface area contributed by atoms with Crippen LogP contribution in [0.4, 0.5) is 33.3 Å². The number of aliphatic hydroxyl groups is 2. The Morgan fingerprint density at radius 2 is 1.50 bits per heavy atom. The van der Waals surface area contributed by atoms with E-state index in [1.165, 1.54) is 12.1 Å². The lowest BCUT2D eigenvalue weighted by molar-refractivity contribution is -0.141. The van der Waals surface area contributed by atoms with Crippen LogP contribution in [0.1, 0.15) is 109 Å². The number of nitrogens with zero attached hydrogens (tertiary/aromatic N) is 3. The van der Waals surface area contributed by atoms with Crippen LogP contribution in [-0.4, -0.2) is 56.0 Å². The van der Waals surface area contributed by atoms with E-state index in [4.69, 9.17) is 11.0 Å². The highest BCUT2D eigenvalue weighted by molar-refractivity contribution is 9.10. The summed E-state index contributed by atoms with van der Waals surface area (Å²) in [4.78, 5) is 24.6. The van der Waals surface area contributed by atoms with Gasteiger partial charge in [-0.1, -0.05) is 29.8 Å². The number of aromatic nitrogens is 2. The minimum atomic E-state index is -4.87. The molecule has 280 valence electrons. The van der Waals surface area contributed by atoms with Crippen LogP contribution in [0.25, 0.3) is 5.69 Å². The maximum absolute atomic E-state index is 15.1. The van der Waals surface area contributed by atoms with Crippen LogP contribution in [0.2, 0.25) is 0 Å². The molecule has 0 spiro atoms. The fourth-order valence-electron chi connectivity index (χ4n) is 7.12. The van der Waals surface area contributed by atoms with Crippen LogP contribution in [0.5, 0.6) is 0 Å². The van der Waals surface area contributed by atoms with Crippen molar-refractivity contribution in [2.45, 2.75) is 109 Å². The molecule has 3 aliphatic rings. The van der Waals surface area contributed by atoms with Crippen LogP contribution < -0.4 is 16.4 Å². The average Bonchev–Trinajstić information content (AvgIpc) is 3.43. The summed E-state index contributed by atoms with van der Waals surface area (Å²) >= 11 is 3.22. The Hall–Kier alpha value is -4.07. The number of hydrogen-bond donors (Lipinski definition) is 5. The quantitative estimate of drug-likeness (QED) is 0.164. The van der Waals surface area contributed by atoms with Gasteiger partial charge in [0.1, 0.15) is 23.3 Å². The van der Waals surface area contributed by atoms with Gasteiger partial charge in [0.15, 0.2) is 11.5 Å². The second-order valence-corrected chi connectivity index (χ2v) is 15.4. The molecule has 52 heavy (non-hydrogen) atoms.